The maximum atomic E-state index is 14.1. The number of hydrogen-bond donors (Lipinski definition) is 0. The third-order valence-electron chi connectivity index (χ3n) is 6.09. The van der Waals surface area contributed by atoms with Gasteiger partial charge in [0, 0.05) is 11.6 Å². The summed E-state index contributed by atoms with van der Waals surface area (Å²) in [6.07, 6.45) is -12.7. The number of alkyl halides is 6. The van der Waals surface area contributed by atoms with Crippen LogP contribution >= 0.6 is 0 Å². The van der Waals surface area contributed by atoms with Gasteiger partial charge in [0.05, 0.1) is 16.7 Å². The minimum Gasteiger partial charge on any atom is -0.457 e. The number of halogens is 7. The highest BCUT2D eigenvalue weighted by atomic mass is 19.4. The van der Waals surface area contributed by atoms with E-state index in [4.69, 9.17) is 9.47 Å². The van der Waals surface area contributed by atoms with Crippen molar-refractivity contribution >= 4 is 5.97 Å². The molecule has 2 aromatic carbocycles. The molecule has 4 nitrogen and oxygen atoms in total. The van der Waals surface area contributed by atoms with Crippen LogP contribution in [0.25, 0.3) is 0 Å². The van der Waals surface area contributed by atoms with Gasteiger partial charge in [-0.15, -0.1) is 0 Å². The predicted molar refractivity (Wildman–Crippen MR) is 99.2 cm³/mol. The van der Waals surface area contributed by atoms with Crippen molar-refractivity contribution in [3.63, 3.8) is 0 Å². The van der Waals surface area contributed by atoms with Crippen molar-refractivity contribution in [1.29, 1.82) is 5.26 Å². The first-order valence-electron chi connectivity index (χ1n) is 9.43. The molecule has 0 aromatic heterocycles. The number of hydrogen-bond acceptors (Lipinski definition) is 4. The molecule has 0 bridgehead atoms. The van der Waals surface area contributed by atoms with Crippen LogP contribution in [0.4, 0.5) is 30.7 Å². The van der Waals surface area contributed by atoms with Crippen molar-refractivity contribution in [2.24, 2.45) is 16.7 Å². The Bertz CT molecular complexity index is 1070. The lowest BCUT2D eigenvalue weighted by atomic mass is 9.95. The van der Waals surface area contributed by atoms with Crippen LogP contribution in [-0.4, -0.2) is 18.3 Å². The number of carbonyl (C=O) groups is 1. The monoisotopic (exact) mass is 475 g/mol. The molecule has 1 fully saturated rings. The molecule has 2 aromatic rings. The molecule has 1 saturated carbocycles. The molecule has 0 saturated heterocycles. The molecule has 1 aliphatic carbocycles. The number of benzene rings is 2. The fourth-order valence-electron chi connectivity index (χ4n) is 3.96. The lowest BCUT2D eigenvalue weighted by Crippen LogP contribution is -2.35. The second-order valence-corrected chi connectivity index (χ2v) is 7.91. The molecule has 176 valence electrons. The molecule has 0 N–H and O–H groups in total. The summed E-state index contributed by atoms with van der Waals surface area (Å²) in [6.45, 7) is 0.559. The fraction of sp³-hybridized carbons (Fsp3) is 0.364. The minimum atomic E-state index is -5.38. The number of ether oxygens (including phenoxy) is 2. The van der Waals surface area contributed by atoms with Gasteiger partial charge in [-0.05, 0) is 38.1 Å². The third-order valence-corrected chi connectivity index (χ3v) is 6.09. The van der Waals surface area contributed by atoms with Gasteiger partial charge < -0.3 is 9.47 Å². The van der Waals surface area contributed by atoms with Gasteiger partial charge in [0.1, 0.15) is 23.4 Å². The summed E-state index contributed by atoms with van der Waals surface area (Å²) in [5.74, 6) is -5.26. The topological polar surface area (TPSA) is 59.3 Å². The average Bonchev–Trinajstić information content (AvgIpc) is 3.25. The second-order valence-electron chi connectivity index (χ2n) is 7.91. The van der Waals surface area contributed by atoms with E-state index in [0.717, 1.165) is 18.2 Å². The molecule has 1 aliphatic rings. The van der Waals surface area contributed by atoms with Gasteiger partial charge in [-0.2, -0.15) is 31.6 Å². The van der Waals surface area contributed by atoms with Gasteiger partial charge in [-0.25, -0.2) is 4.39 Å². The van der Waals surface area contributed by atoms with E-state index in [2.05, 4.69) is 0 Å². The third kappa shape index (κ3) is 3.98. The highest BCUT2D eigenvalue weighted by Crippen LogP contribution is 2.80. The molecular formula is C22H16F7NO3. The molecule has 11 heteroatoms. The normalized spacial score (nSPS) is 25.6. The summed E-state index contributed by atoms with van der Waals surface area (Å²) in [5.41, 5.74) is -7.21. The molecule has 0 heterocycles. The molecular weight excluding hydrogens is 459 g/mol. The Morgan fingerprint density at radius 1 is 0.970 bits per heavy atom. The lowest BCUT2D eigenvalue weighted by Gasteiger charge is -2.23. The largest absolute Gasteiger partial charge is 0.457 e. The summed E-state index contributed by atoms with van der Waals surface area (Å²) in [6, 6.07) is 12.3. The maximum Gasteiger partial charge on any atom is 0.395 e. The summed E-state index contributed by atoms with van der Waals surface area (Å²) in [7, 11) is 0. The zero-order valence-electron chi connectivity index (χ0n) is 17.1. The highest BCUT2D eigenvalue weighted by molar-refractivity contribution is 5.80. The Kier molecular flexibility index (Phi) is 5.86. The van der Waals surface area contributed by atoms with Crippen LogP contribution in [0.5, 0.6) is 11.5 Å². The number of carbonyl (C=O) groups excluding carboxylic acids is 1. The Morgan fingerprint density at radius 3 is 2.00 bits per heavy atom. The molecule has 0 radical (unpaired) electrons. The summed E-state index contributed by atoms with van der Waals surface area (Å²) < 4.78 is 105. The van der Waals surface area contributed by atoms with Gasteiger partial charge in [0.15, 0.2) is 0 Å². The van der Waals surface area contributed by atoms with Crippen molar-refractivity contribution in [3.8, 4) is 17.6 Å². The molecule has 3 atom stereocenters. The van der Waals surface area contributed by atoms with E-state index in [1.807, 2.05) is 0 Å². The van der Waals surface area contributed by atoms with Gasteiger partial charge >= 0.3 is 18.3 Å². The standard InChI is InChI=1S/C22H16F7NO3/c1-19(21(24,25)26)17(20(19,2)22(27,28)29)18(31)33-16(11-30)12-8-13(23)10-15(9-12)32-14-6-4-3-5-7-14/h3-10,16-17H,1-2H3. The van der Waals surface area contributed by atoms with Gasteiger partial charge in [0.2, 0.25) is 6.10 Å². The van der Waals surface area contributed by atoms with Crippen LogP contribution in [0, 0.1) is 33.9 Å². The number of esters is 1. The van der Waals surface area contributed by atoms with Crippen molar-refractivity contribution < 1.29 is 45.0 Å². The number of rotatable bonds is 5. The minimum absolute atomic E-state index is 0.126. The van der Waals surface area contributed by atoms with Crippen LogP contribution in [0.15, 0.2) is 48.5 Å². The first kappa shape index (κ1) is 24.4. The van der Waals surface area contributed by atoms with E-state index >= 15 is 0 Å². The predicted octanol–water partition coefficient (Wildman–Crippen LogP) is 6.49. The Balaban J connectivity index is 1.88. The van der Waals surface area contributed by atoms with Crippen LogP contribution < -0.4 is 4.74 Å². The summed E-state index contributed by atoms with van der Waals surface area (Å²) in [4.78, 5) is 12.4. The van der Waals surface area contributed by atoms with Crippen molar-refractivity contribution in [1.82, 2.24) is 0 Å². The number of nitrogens with zero attached hydrogens (tertiary/aromatic N) is 1. The molecule has 0 aliphatic heterocycles. The Morgan fingerprint density at radius 2 is 1.52 bits per heavy atom. The van der Waals surface area contributed by atoms with Gasteiger partial charge in [0.25, 0.3) is 0 Å². The lowest BCUT2D eigenvalue weighted by molar-refractivity contribution is -0.245. The van der Waals surface area contributed by atoms with E-state index in [-0.39, 0.29) is 25.2 Å². The number of para-hydroxylation sites is 1. The zero-order valence-corrected chi connectivity index (χ0v) is 17.1. The molecule has 3 unspecified atom stereocenters. The van der Waals surface area contributed by atoms with Crippen LogP contribution in [0.1, 0.15) is 25.5 Å². The van der Waals surface area contributed by atoms with Crippen LogP contribution in [0.2, 0.25) is 0 Å². The first-order valence-corrected chi connectivity index (χ1v) is 9.43. The van der Waals surface area contributed by atoms with Crippen molar-refractivity contribution in [3.05, 3.63) is 59.9 Å². The maximum absolute atomic E-state index is 14.1. The number of nitriles is 1. The quantitative estimate of drug-likeness (QED) is 0.366. The molecule has 0 amide bonds. The Hall–Kier alpha value is -3.29. The van der Waals surface area contributed by atoms with E-state index < -0.39 is 47.0 Å². The van der Waals surface area contributed by atoms with E-state index in [9.17, 15) is 40.8 Å². The van der Waals surface area contributed by atoms with E-state index in [1.165, 1.54) is 18.2 Å². The second kappa shape index (κ2) is 7.93. The van der Waals surface area contributed by atoms with E-state index in [0.29, 0.717) is 5.75 Å². The summed E-state index contributed by atoms with van der Waals surface area (Å²) >= 11 is 0. The SMILES string of the molecule is CC1(C(F)(F)F)C(C(=O)OC(C#N)c2cc(F)cc(Oc3ccccc3)c2)C1(C)C(F)(F)F. The van der Waals surface area contributed by atoms with Crippen LogP contribution in [-0.2, 0) is 9.53 Å². The van der Waals surface area contributed by atoms with Gasteiger partial charge in [-0.3, -0.25) is 4.79 Å². The average molecular weight is 475 g/mol. The van der Waals surface area contributed by atoms with Crippen molar-refractivity contribution in [2.45, 2.75) is 32.3 Å². The fourth-order valence-corrected chi connectivity index (χ4v) is 3.96. The Labute approximate surface area is 183 Å². The van der Waals surface area contributed by atoms with Crippen molar-refractivity contribution in [2.75, 3.05) is 0 Å². The van der Waals surface area contributed by atoms with Gasteiger partial charge in [-0.1, -0.05) is 18.2 Å². The molecule has 33 heavy (non-hydrogen) atoms. The van der Waals surface area contributed by atoms with Crippen LogP contribution in [0.3, 0.4) is 0 Å². The molecule has 0 spiro atoms. The smallest absolute Gasteiger partial charge is 0.395 e. The highest BCUT2D eigenvalue weighted by Gasteiger charge is 2.93. The summed E-state index contributed by atoms with van der Waals surface area (Å²) in [5, 5.41) is 9.35. The zero-order chi connectivity index (χ0) is 24.8. The van der Waals surface area contributed by atoms with E-state index in [1.54, 1.807) is 18.2 Å². The first-order chi connectivity index (χ1) is 15.2. The molecule has 3 rings (SSSR count).